The van der Waals surface area contributed by atoms with E-state index < -0.39 is 0 Å². The molecular weight excluding hydrogens is 252 g/mol. The second kappa shape index (κ2) is 5.18. The van der Waals surface area contributed by atoms with Crippen LogP contribution in [0.1, 0.15) is 24.5 Å². The summed E-state index contributed by atoms with van der Waals surface area (Å²) >= 11 is 3.53. The third-order valence-corrected chi connectivity index (χ3v) is 2.85. The third kappa shape index (κ3) is 3.24. The Morgan fingerprint density at radius 2 is 2.13 bits per heavy atom. The number of nitriles is 1. The molecule has 0 aliphatic carbocycles. The van der Waals surface area contributed by atoms with Gasteiger partial charge in [-0.15, -0.1) is 0 Å². The summed E-state index contributed by atoms with van der Waals surface area (Å²) in [7, 11) is 0. The minimum Gasteiger partial charge on any atom is -0.380 e. The minimum absolute atomic E-state index is 0.174. The predicted molar refractivity (Wildman–Crippen MR) is 66.9 cm³/mol. The fourth-order valence-electron chi connectivity index (χ4n) is 1.53. The number of hydrogen-bond acceptors (Lipinski definition) is 2. The van der Waals surface area contributed by atoms with Crippen molar-refractivity contribution in [2.75, 3.05) is 5.32 Å². The van der Waals surface area contributed by atoms with E-state index in [9.17, 15) is 0 Å². The average Bonchev–Trinajstić information content (AvgIpc) is 2.11. The fraction of sp³-hybridized carbons (Fsp3) is 0.417. The van der Waals surface area contributed by atoms with E-state index in [0.717, 1.165) is 10.2 Å². The maximum absolute atomic E-state index is 8.60. The Bertz CT molecular complexity index is 370. The van der Waals surface area contributed by atoms with Gasteiger partial charge in [-0.3, -0.25) is 0 Å². The molecule has 0 aromatic heterocycles. The van der Waals surface area contributed by atoms with Gasteiger partial charge in [-0.25, -0.2) is 0 Å². The molecule has 1 atom stereocenters. The number of rotatable bonds is 3. The molecule has 2 nitrogen and oxygen atoms in total. The molecule has 15 heavy (non-hydrogen) atoms. The van der Waals surface area contributed by atoms with Crippen molar-refractivity contribution in [2.24, 2.45) is 0 Å². The van der Waals surface area contributed by atoms with E-state index in [1.54, 1.807) is 0 Å². The van der Waals surface area contributed by atoms with Crippen LogP contribution >= 0.6 is 15.9 Å². The van der Waals surface area contributed by atoms with Gasteiger partial charge in [-0.05, 0) is 53.9 Å². The van der Waals surface area contributed by atoms with Gasteiger partial charge in [-0.2, -0.15) is 5.26 Å². The van der Waals surface area contributed by atoms with E-state index in [2.05, 4.69) is 53.3 Å². The number of nitrogens with zero attached hydrogens (tertiary/aromatic N) is 1. The van der Waals surface area contributed by atoms with Crippen molar-refractivity contribution < 1.29 is 0 Å². The van der Waals surface area contributed by atoms with Gasteiger partial charge in [-0.1, -0.05) is 6.07 Å². The van der Waals surface area contributed by atoms with Gasteiger partial charge < -0.3 is 5.32 Å². The van der Waals surface area contributed by atoms with Crippen molar-refractivity contribution in [3.8, 4) is 6.07 Å². The highest BCUT2D eigenvalue weighted by molar-refractivity contribution is 9.10. The zero-order valence-electron chi connectivity index (χ0n) is 9.26. The van der Waals surface area contributed by atoms with Crippen LogP contribution in [0.15, 0.2) is 16.6 Å². The van der Waals surface area contributed by atoms with E-state index in [1.165, 1.54) is 11.1 Å². The molecule has 0 heterocycles. The molecule has 1 aromatic rings. The van der Waals surface area contributed by atoms with Crippen LogP contribution in [0.25, 0.3) is 0 Å². The Morgan fingerprint density at radius 1 is 1.47 bits per heavy atom. The highest BCUT2D eigenvalue weighted by atomic mass is 79.9. The van der Waals surface area contributed by atoms with Crippen LogP contribution in [0.5, 0.6) is 0 Å². The molecular formula is C12H15BrN2. The van der Waals surface area contributed by atoms with E-state index >= 15 is 0 Å². The molecule has 0 saturated heterocycles. The average molecular weight is 267 g/mol. The van der Waals surface area contributed by atoms with Gasteiger partial charge in [0, 0.05) is 10.5 Å². The summed E-state index contributed by atoms with van der Waals surface area (Å²) in [5.41, 5.74) is 3.52. The van der Waals surface area contributed by atoms with Crippen LogP contribution in [0.4, 0.5) is 5.69 Å². The summed E-state index contributed by atoms with van der Waals surface area (Å²) in [6, 6.07) is 6.54. The van der Waals surface area contributed by atoms with E-state index in [4.69, 9.17) is 5.26 Å². The highest BCUT2D eigenvalue weighted by Crippen LogP contribution is 2.28. The molecule has 0 aliphatic rings. The summed E-state index contributed by atoms with van der Waals surface area (Å²) in [6.07, 6.45) is 0.514. The second-order valence-electron chi connectivity index (χ2n) is 3.85. The van der Waals surface area contributed by atoms with Crippen molar-refractivity contribution >= 4 is 21.6 Å². The molecule has 0 aliphatic heterocycles. The number of aryl methyl sites for hydroxylation is 2. The first-order valence-electron chi connectivity index (χ1n) is 4.95. The van der Waals surface area contributed by atoms with Crippen LogP contribution in [0.2, 0.25) is 0 Å². The molecule has 0 spiro atoms. The maximum atomic E-state index is 8.60. The zero-order chi connectivity index (χ0) is 11.4. The normalized spacial score (nSPS) is 11.9. The number of anilines is 1. The maximum Gasteiger partial charge on any atom is 0.0643 e. The summed E-state index contributed by atoms with van der Waals surface area (Å²) in [4.78, 5) is 0. The van der Waals surface area contributed by atoms with Crippen LogP contribution < -0.4 is 5.32 Å². The first kappa shape index (κ1) is 12.1. The topological polar surface area (TPSA) is 35.8 Å². The van der Waals surface area contributed by atoms with E-state index in [0.29, 0.717) is 6.42 Å². The Balaban J connectivity index is 2.91. The number of nitrogens with one attached hydrogen (secondary N) is 1. The van der Waals surface area contributed by atoms with Gasteiger partial charge in [0.05, 0.1) is 18.2 Å². The Kier molecular flexibility index (Phi) is 4.16. The van der Waals surface area contributed by atoms with Crippen LogP contribution in [0, 0.1) is 25.2 Å². The molecule has 80 valence electrons. The molecule has 1 N–H and O–H groups in total. The summed E-state index contributed by atoms with van der Waals surface area (Å²) in [5, 5.41) is 11.9. The molecule has 1 rings (SSSR count). The first-order chi connectivity index (χ1) is 7.04. The van der Waals surface area contributed by atoms with E-state index in [1.807, 2.05) is 6.92 Å². The third-order valence-electron chi connectivity index (χ3n) is 2.22. The largest absolute Gasteiger partial charge is 0.380 e. The van der Waals surface area contributed by atoms with Gasteiger partial charge in [0.25, 0.3) is 0 Å². The van der Waals surface area contributed by atoms with Crippen LogP contribution in [0.3, 0.4) is 0 Å². The minimum atomic E-state index is 0.174. The second-order valence-corrected chi connectivity index (χ2v) is 4.70. The molecule has 0 fully saturated rings. The Hall–Kier alpha value is -1.01. The lowest BCUT2D eigenvalue weighted by atomic mass is 10.1. The quantitative estimate of drug-likeness (QED) is 0.904. The van der Waals surface area contributed by atoms with Crippen molar-refractivity contribution in [3.05, 3.63) is 27.7 Å². The summed E-state index contributed by atoms with van der Waals surface area (Å²) < 4.78 is 1.06. The van der Waals surface area contributed by atoms with Crippen LogP contribution in [-0.4, -0.2) is 6.04 Å². The van der Waals surface area contributed by atoms with Gasteiger partial charge in [0.2, 0.25) is 0 Å². The van der Waals surface area contributed by atoms with Gasteiger partial charge in [0.1, 0.15) is 0 Å². The highest BCUT2D eigenvalue weighted by Gasteiger charge is 2.07. The van der Waals surface area contributed by atoms with Gasteiger partial charge >= 0.3 is 0 Å². The molecule has 3 heteroatoms. The zero-order valence-corrected chi connectivity index (χ0v) is 10.9. The van der Waals surface area contributed by atoms with Crippen molar-refractivity contribution in [3.63, 3.8) is 0 Å². The van der Waals surface area contributed by atoms with Gasteiger partial charge in [0.15, 0.2) is 0 Å². The molecule has 0 saturated carbocycles. The van der Waals surface area contributed by atoms with Crippen molar-refractivity contribution in [1.29, 1.82) is 5.26 Å². The molecule has 0 bridgehead atoms. The molecule has 1 unspecified atom stereocenters. The summed E-state index contributed by atoms with van der Waals surface area (Å²) in [5.74, 6) is 0. The molecule has 0 amide bonds. The lowest BCUT2D eigenvalue weighted by Gasteiger charge is -2.16. The fourth-order valence-corrected chi connectivity index (χ4v) is 2.32. The first-order valence-corrected chi connectivity index (χ1v) is 5.74. The number of benzene rings is 1. The summed E-state index contributed by atoms with van der Waals surface area (Å²) in [6.45, 7) is 6.15. The Labute approximate surface area is 99.4 Å². The lowest BCUT2D eigenvalue weighted by molar-refractivity contribution is 0.818. The van der Waals surface area contributed by atoms with Crippen molar-refractivity contribution in [1.82, 2.24) is 0 Å². The van der Waals surface area contributed by atoms with Crippen LogP contribution in [-0.2, 0) is 0 Å². The smallest absolute Gasteiger partial charge is 0.0643 e. The Morgan fingerprint density at radius 3 is 2.67 bits per heavy atom. The number of hydrogen-bond donors (Lipinski definition) is 1. The standard InChI is InChI=1S/C12H15BrN2/c1-8-6-9(2)12(11(13)7-8)15-10(3)4-5-14/h6-7,10,15H,4H2,1-3H3. The molecule has 0 radical (unpaired) electrons. The molecule has 1 aromatic carbocycles. The van der Waals surface area contributed by atoms with Crippen molar-refractivity contribution in [2.45, 2.75) is 33.2 Å². The monoisotopic (exact) mass is 266 g/mol. The predicted octanol–water partition coefficient (Wildman–Crippen LogP) is 3.78. The van der Waals surface area contributed by atoms with E-state index in [-0.39, 0.29) is 6.04 Å². The SMILES string of the molecule is Cc1cc(C)c(NC(C)CC#N)c(Br)c1. The lowest BCUT2D eigenvalue weighted by Crippen LogP contribution is -2.15. The number of halogens is 1.